The van der Waals surface area contributed by atoms with Crippen LogP contribution in [0.1, 0.15) is 47.0 Å². The average molecular weight is 397 g/mol. The van der Waals surface area contributed by atoms with Gasteiger partial charge in [-0.05, 0) is 43.9 Å². The van der Waals surface area contributed by atoms with Gasteiger partial charge >= 0.3 is 0 Å². The Labute approximate surface area is 141 Å². The fourth-order valence-corrected chi connectivity index (χ4v) is 2.37. The summed E-state index contributed by atoms with van der Waals surface area (Å²) in [7, 11) is 0. The van der Waals surface area contributed by atoms with Gasteiger partial charge in [0.1, 0.15) is 0 Å². The zero-order valence-corrected chi connectivity index (χ0v) is 15.7. The van der Waals surface area contributed by atoms with Gasteiger partial charge in [-0.3, -0.25) is 4.99 Å². The fourth-order valence-electron chi connectivity index (χ4n) is 2.37. The van der Waals surface area contributed by atoms with E-state index in [0.717, 1.165) is 37.8 Å². The van der Waals surface area contributed by atoms with Crippen LogP contribution in [0.2, 0.25) is 0 Å². The van der Waals surface area contributed by atoms with Crippen molar-refractivity contribution in [2.24, 2.45) is 22.7 Å². The zero-order valence-electron chi connectivity index (χ0n) is 13.4. The van der Waals surface area contributed by atoms with Crippen LogP contribution in [0, 0.1) is 17.8 Å². The molecular weight excluding hydrogens is 365 g/mol. The number of aliphatic hydroxyl groups excluding tert-OH is 1. The van der Waals surface area contributed by atoms with E-state index in [1.54, 1.807) is 0 Å². The van der Waals surface area contributed by atoms with Gasteiger partial charge in [0.2, 0.25) is 0 Å². The van der Waals surface area contributed by atoms with Crippen LogP contribution >= 0.6 is 24.0 Å². The highest BCUT2D eigenvalue weighted by Crippen LogP contribution is 2.28. The highest BCUT2D eigenvalue weighted by atomic mass is 127. The Kier molecular flexibility index (Phi) is 10.6. The van der Waals surface area contributed by atoms with Crippen LogP contribution in [-0.2, 0) is 0 Å². The zero-order chi connectivity index (χ0) is 14.3. The number of rotatable bonds is 8. The van der Waals surface area contributed by atoms with Crippen molar-refractivity contribution in [2.45, 2.75) is 53.0 Å². The molecule has 1 aliphatic rings. The smallest absolute Gasteiger partial charge is 0.191 e. The maximum absolute atomic E-state index is 9.13. The highest BCUT2D eigenvalue weighted by Gasteiger charge is 2.33. The van der Waals surface area contributed by atoms with Crippen molar-refractivity contribution in [2.75, 3.05) is 19.7 Å². The molecule has 0 amide bonds. The predicted molar refractivity (Wildman–Crippen MR) is 96.7 cm³/mol. The summed E-state index contributed by atoms with van der Waals surface area (Å²) >= 11 is 0. The summed E-state index contributed by atoms with van der Waals surface area (Å²) in [4.78, 5) is 4.68. The number of halogens is 1. The molecule has 0 heterocycles. The van der Waals surface area contributed by atoms with E-state index >= 15 is 0 Å². The Hall–Kier alpha value is -0.0400. The standard InChI is InChI=1S/C15H31N3O.HI/c1-5-16-15(18-14-9-12(14)4)17-10-13(6-7-19)8-11(2)3;/h11-14,19H,5-10H2,1-4H3,(H2,16,17,18);1H. The number of hydrogen-bond acceptors (Lipinski definition) is 2. The molecule has 1 fully saturated rings. The van der Waals surface area contributed by atoms with E-state index in [9.17, 15) is 0 Å². The van der Waals surface area contributed by atoms with Gasteiger partial charge in [0.25, 0.3) is 0 Å². The van der Waals surface area contributed by atoms with Crippen LogP contribution in [0.25, 0.3) is 0 Å². The molecule has 0 aromatic heterocycles. The normalized spacial score (nSPS) is 23.2. The number of aliphatic imine (C=N–C) groups is 1. The van der Waals surface area contributed by atoms with Crippen molar-refractivity contribution in [3.05, 3.63) is 0 Å². The monoisotopic (exact) mass is 397 g/mol. The molecule has 120 valence electrons. The summed E-state index contributed by atoms with van der Waals surface area (Å²) in [5, 5.41) is 15.9. The second kappa shape index (κ2) is 10.7. The molecule has 0 saturated heterocycles. The van der Waals surface area contributed by atoms with Gasteiger partial charge in [0, 0.05) is 25.7 Å². The fraction of sp³-hybridized carbons (Fsp3) is 0.933. The third-order valence-electron chi connectivity index (χ3n) is 3.63. The molecule has 0 radical (unpaired) electrons. The number of nitrogens with one attached hydrogen (secondary N) is 2. The quantitative estimate of drug-likeness (QED) is 0.335. The van der Waals surface area contributed by atoms with Gasteiger partial charge in [-0.1, -0.05) is 20.8 Å². The molecule has 5 heteroatoms. The van der Waals surface area contributed by atoms with Crippen LogP contribution in [0.5, 0.6) is 0 Å². The summed E-state index contributed by atoms with van der Waals surface area (Å²) < 4.78 is 0. The molecule has 20 heavy (non-hydrogen) atoms. The molecular formula is C15H32IN3O. The third-order valence-corrected chi connectivity index (χ3v) is 3.63. The highest BCUT2D eigenvalue weighted by molar-refractivity contribution is 14.0. The van der Waals surface area contributed by atoms with Crippen LogP contribution in [-0.4, -0.2) is 36.8 Å². The van der Waals surface area contributed by atoms with E-state index in [2.05, 4.69) is 43.3 Å². The number of nitrogens with zero attached hydrogens (tertiary/aromatic N) is 1. The largest absolute Gasteiger partial charge is 0.396 e. The van der Waals surface area contributed by atoms with Crippen molar-refractivity contribution >= 4 is 29.9 Å². The molecule has 3 atom stereocenters. The van der Waals surface area contributed by atoms with Crippen molar-refractivity contribution in [3.8, 4) is 0 Å². The van der Waals surface area contributed by atoms with E-state index in [0.29, 0.717) is 17.9 Å². The maximum Gasteiger partial charge on any atom is 0.191 e. The van der Waals surface area contributed by atoms with Gasteiger partial charge in [-0.2, -0.15) is 0 Å². The van der Waals surface area contributed by atoms with E-state index in [1.807, 2.05) is 0 Å². The summed E-state index contributed by atoms with van der Waals surface area (Å²) in [5.74, 6) is 2.85. The Bertz CT molecular complexity index is 284. The molecule has 0 aliphatic heterocycles. The van der Waals surface area contributed by atoms with Crippen LogP contribution < -0.4 is 10.6 Å². The molecule has 0 spiro atoms. The maximum atomic E-state index is 9.13. The SMILES string of the molecule is CCNC(=NCC(CCO)CC(C)C)NC1CC1C.I. The van der Waals surface area contributed by atoms with E-state index < -0.39 is 0 Å². The Balaban J connectivity index is 0.00000361. The first-order chi connectivity index (χ1) is 9.06. The minimum Gasteiger partial charge on any atom is -0.396 e. The van der Waals surface area contributed by atoms with E-state index in [-0.39, 0.29) is 30.6 Å². The van der Waals surface area contributed by atoms with Gasteiger partial charge < -0.3 is 15.7 Å². The van der Waals surface area contributed by atoms with Crippen LogP contribution in [0.4, 0.5) is 0 Å². The molecule has 1 aliphatic carbocycles. The lowest BCUT2D eigenvalue weighted by molar-refractivity contribution is 0.245. The first-order valence-electron chi connectivity index (χ1n) is 7.72. The molecule has 4 nitrogen and oxygen atoms in total. The molecule has 0 bridgehead atoms. The van der Waals surface area contributed by atoms with Crippen molar-refractivity contribution < 1.29 is 5.11 Å². The molecule has 0 aromatic rings. The molecule has 1 rings (SSSR count). The summed E-state index contributed by atoms with van der Waals surface area (Å²) in [6.45, 7) is 10.8. The van der Waals surface area contributed by atoms with Crippen molar-refractivity contribution in [3.63, 3.8) is 0 Å². The second-order valence-electron chi connectivity index (χ2n) is 6.19. The Morgan fingerprint density at radius 3 is 2.50 bits per heavy atom. The second-order valence-corrected chi connectivity index (χ2v) is 6.19. The van der Waals surface area contributed by atoms with E-state index in [1.165, 1.54) is 6.42 Å². The summed E-state index contributed by atoms with van der Waals surface area (Å²) in [6, 6.07) is 0.596. The molecule has 1 saturated carbocycles. The van der Waals surface area contributed by atoms with Crippen molar-refractivity contribution in [1.29, 1.82) is 0 Å². The van der Waals surface area contributed by atoms with Crippen LogP contribution in [0.3, 0.4) is 0 Å². The van der Waals surface area contributed by atoms with Gasteiger partial charge in [-0.25, -0.2) is 0 Å². The van der Waals surface area contributed by atoms with Gasteiger partial charge in [-0.15, -0.1) is 24.0 Å². The Morgan fingerprint density at radius 1 is 1.40 bits per heavy atom. The number of aliphatic hydroxyl groups is 1. The number of guanidine groups is 1. The predicted octanol–water partition coefficient (Wildman–Crippen LogP) is 2.61. The summed E-state index contributed by atoms with van der Waals surface area (Å²) in [5.41, 5.74) is 0. The minimum absolute atomic E-state index is 0. The Morgan fingerprint density at radius 2 is 2.05 bits per heavy atom. The van der Waals surface area contributed by atoms with Crippen LogP contribution in [0.15, 0.2) is 4.99 Å². The molecule has 3 N–H and O–H groups in total. The third kappa shape index (κ3) is 8.29. The lowest BCUT2D eigenvalue weighted by atomic mass is 9.94. The van der Waals surface area contributed by atoms with Gasteiger partial charge in [0.15, 0.2) is 5.96 Å². The summed E-state index contributed by atoms with van der Waals surface area (Å²) in [6.07, 6.45) is 3.22. The first kappa shape index (κ1) is 20.0. The van der Waals surface area contributed by atoms with E-state index in [4.69, 9.17) is 5.11 Å². The lowest BCUT2D eigenvalue weighted by Gasteiger charge is -2.17. The topological polar surface area (TPSA) is 56.7 Å². The molecule has 0 aromatic carbocycles. The molecule has 3 unspecified atom stereocenters. The van der Waals surface area contributed by atoms with Gasteiger partial charge in [0.05, 0.1) is 0 Å². The first-order valence-corrected chi connectivity index (χ1v) is 7.72. The lowest BCUT2D eigenvalue weighted by Crippen LogP contribution is -2.39. The average Bonchev–Trinajstić information content (AvgIpc) is 3.01. The van der Waals surface area contributed by atoms with Crippen molar-refractivity contribution in [1.82, 2.24) is 10.6 Å². The minimum atomic E-state index is 0. The number of hydrogen-bond donors (Lipinski definition) is 3.